The lowest BCUT2D eigenvalue weighted by atomic mass is 10.0. The lowest BCUT2D eigenvalue weighted by Crippen LogP contribution is -1.96. The van der Waals surface area contributed by atoms with Crippen LogP contribution in [0.1, 0.15) is 11.3 Å². The number of nitrogens with zero attached hydrogens (tertiary/aromatic N) is 2. The minimum absolute atomic E-state index is 0.260. The molecule has 0 aliphatic rings. The molecular formula is C20H14FN3O. The van der Waals surface area contributed by atoms with Gasteiger partial charge in [0.15, 0.2) is 0 Å². The van der Waals surface area contributed by atoms with Crippen LogP contribution >= 0.6 is 0 Å². The summed E-state index contributed by atoms with van der Waals surface area (Å²) in [4.78, 5) is 7.54. The number of H-pyrrole nitrogens is 1. The van der Waals surface area contributed by atoms with Crippen molar-refractivity contribution in [1.29, 1.82) is 5.26 Å². The third-order valence-electron chi connectivity index (χ3n) is 4.31. The number of nitriles is 1. The van der Waals surface area contributed by atoms with Gasteiger partial charge in [-0.15, -0.1) is 0 Å². The number of pyridine rings is 1. The van der Waals surface area contributed by atoms with E-state index in [0.717, 1.165) is 38.5 Å². The Morgan fingerprint density at radius 1 is 1.12 bits per heavy atom. The molecular weight excluding hydrogens is 317 g/mol. The molecule has 0 aliphatic heterocycles. The fourth-order valence-corrected chi connectivity index (χ4v) is 3.16. The van der Waals surface area contributed by atoms with Crippen LogP contribution in [0.5, 0.6) is 0 Å². The second-order valence-corrected chi connectivity index (χ2v) is 5.81. The smallest absolute Gasteiger partial charge is 0.146 e. The topological polar surface area (TPSA) is 61.7 Å². The number of benzene rings is 2. The van der Waals surface area contributed by atoms with E-state index in [0.29, 0.717) is 12.3 Å². The number of hydrogen-bond donors (Lipinski definition) is 1. The van der Waals surface area contributed by atoms with E-state index in [1.54, 1.807) is 25.4 Å². The average Bonchev–Trinajstić information content (AvgIpc) is 3.01. The monoisotopic (exact) mass is 331 g/mol. The summed E-state index contributed by atoms with van der Waals surface area (Å²) in [7, 11) is 1.60. The fraction of sp³-hybridized carbons (Fsp3) is 0.100. The zero-order valence-electron chi connectivity index (χ0n) is 13.5. The Morgan fingerprint density at radius 3 is 2.60 bits per heavy atom. The number of aromatic amines is 1. The van der Waals surface area contributed by atoms with Gasteiger partial charge in [0.2, 0.25) is 0 Å². The summed E-state index contributed by atoms with van der Waals surface area (Å²) in [5.41, 5.74) is 4.85. The van der Waals surface area contributed by atoms with Crippen LogP contribution < -0.4 is 0 Å². The molecule has 25 heavy (non-hydrogen) atoms. The van der Waals surface area contributed by atoms with Gasteiger partial charge in [0, 0.05) is 29.0 Å². The number of methoxy groups -OCH3 is 1. The molecule has 2 heterocycles. The van der Waals surface area contributed by atoms with Gasteiger partial charge in [-0.25, -0.2) is 9.37 Å². The highest BCUT2D eigenvalue weighted by Crippen LogP contribution is 2.33. The first-order valence-electron chi connectivity index (χ1n) is 7.79. The first-order chi connectivity index (χ1) is 12.2. The number of rotatable bonds is 3. The van der Waals surface area contributed by atoms with Crippen LogP contribution in [0.3, 0.4) is 0 Å². The summed E-state index contributed by atoms with van der Waals surface area (Å²) < 4.78 is 18.5. The summed E-state index contributed by atoms with van der Waals surface area (Å²) in [6, 6.07) is 14.5. The Morgan fingerprint density at radius 2 is 1.88 bits per heavy atom. The molecule has 4 nitrogen and oxygen atoms in total. The van der Waals surface area contributed by atoms with Crippen molar-refractivity contribution in [2.24, 2.45) is 0 Å². The van der Waals surface area contributed by atoms with Crippen LogP contribution in [-0.2, 0) is 11.3 Å². The predicted octanol–water partition coefficient (Wildman–Crippen LogP) is 4.54. The lowest BCUT2D eigenvalue weighted by Gasteiger charge is -2.06. The summed E-state index contributed by atoms with van der Waals surface area (Å²) in [6.45, 7) is 0.307. The molecule has 1 N–H and O–H groups in total. The maximum atomic E-state index is 13.2. The van der Waals surface area contributed by atoms with E-state index in [-0.39, 0.29) is 5.82 Å². The van der Waals surface area contributed by atoms with Crippen molar-refractivity contribution in [3.8, 4) is 17.2 Å². The Bertz CT molecular complexity index is 1120. The van der Waals surface area contributed by atoms with E-state index in [1.165, 1.54) is 12.1 Å². The van der Waals surface area contributed by atoms with Gasteiger partial charge in [-0.2, -0.15) is 5.26 Å². The zero-order valence-corrected chi connectivity index (χ0v) is 13.5. The Balaban J connectivity index is 2.01. The first-order valence-corrected chi connectivity index (χ1v) is 7.79. The normalized spacial score (nSPS) is 11.1. The van der Waals surface area contributed by atoms with Crippen LogP contribution in [0.2, 0.25) is 0 Å². The van der Waals surface area contributed by atoms with Crippen LogP contribution in [0, 0.1) is 17.1 Å². The molecule has 0 saturated carbocycles. The molecule has 122 valence electrons. The maximum Gasteiger partial charge on any atom is 0.146 e. The molecule has 0 atom stereocenters. The molecule has 2 aromatic heterocycles. The van der Waals surface area contributed by atoms with Gasteiger partial charge in [-0.05, 0) is 35.4 Å². The van der Waals surface area contributed by atoms with Crippen molar-refractivity contribution in [2.45, 2.75) is 6.61 Å². The van der Waals surface area contributed by atoms with Crippen molar-refractivity contribution >= 4 is 21.8 Å². The molecule has 4 aromatic rings. The third kappa shape index (κ3) is 2.53. The quantitative estimate of drug-likeness (QED) is 0.599. The van der Waals surface area contributed by atoms with E-state index in [4.69, 9.17) is 4.74 Å². The van der Waals surface area contributed by atoms with Gasteiger partial charge in [-0.1, -0.05) is 18.2 Å². The van der Waals surface area contributed by atoms with Crippen molar-refractivity contribution in [2.75, 3.05) is 7.11 Å². The van der Waals surface area contributed by atoms with Gasteiger partial charge in [-0.3, -0.25) is 0 Å². The van der Waals surface area contributed by atoms with Gasteiger partial charge in [0.05, 0.1) is 18.3 Å². The molecule has 0 spiro atoms. The molecule has 0 amide bonds. The minimum atomic E-state index is -0.260. The second-order valence-electron chi connectivity index (χ2n) is 5.81. The highest BCUT2D eigenvalue weighted by Gasteiger charge is 2.15. The van der Waals surface area contributed by atoms with Crippen LogP contribution in [0.4, 0.5) is 4.39 Å². The van der Waals surface area contributed by atoms with Crippen LogP contribution in [-0.4, -0.2) is 17.1 Å². The summed E-state index contributed by atoms with van der Waals surface area (Å²) in [5, 5.41) is 11.3. The van der Waals surface area contributed by atoms with Gasteiger partial charge >= 0.3 is 0 Å². The van der Waals surface area contributed by atoms with E-state index in [9.17, 15) is 9.65 Å². The standard InChI is InChI=1S/C20H14FN3O/c1-25-11-16-18(9-22)23-10-19-20(16)15-8-13(4-7-17(15)24-19)12-2-5-14(21)6-3-12/h2-8,10,24H,11H2,1H3. The molecule has 0 bridgehead atoms. The van der Waals surface area contributed by atoms with Gasteiger partial charge < -0.3 is 9.72 Å². The zero-order chi connectivity index (χ0) is 17.4. The third-order valence-corrected chi connectivity index (χ3v) is 4.31. The highest BCUT2D eigenvalue weighted by atomic mass is 19.1. The van der Waals surface area contributed by atoms with Crippen molar-refractivity contribution < 1.29 is 9.13 Å². The molecule has 0 aliphatic carbocycles. The Kier molecular flexibility index (Phi) is 3.68. The molecule has 0 radical (unpaired) electrons. The molecule has 0 unspecified atom stereocenters. The second kappa shape index (κ2) is 6.00. The van der Waals surface area contributed by atoms with Gasteiger partial charge in [0.25, 0.3) is 0 Å². The number of hydrogen-bond acceptors (Lipinski definition) is 3. The maximum absolute atomic E-state index is 13.2. The SMILES string of the molecule is COCc1c(C#N)ncc2[nH]c3ccc(-c4ccc(F)cc4)cc3c12. The van der Waals surface area contributed by atoms with E-state index in [2.05, 4.69) is 16.0 Å². The summed E-state index contributed by atoms with van der Waals surface area (Å²) >= 11 is 0. The summed E-state index contributed by atoms with van der Waals surface area (Å²) in [6.07, 6.45) is 1.67. The average molecular weight is 331 g/mol. The molecule has 0 fully saturated rings. The fourth-order valence-electron chi connectivity index (χ4n) is 3.16. The summed E-state index contributed by atoms with van der Waals surface area (Å²) in [5.74, 6) is -0.260. The van der Waals surface area contributed by atoms with Crippen LogP contribution in [0.15, 0.2) is 48.7 Å². The van der Waals surface area contributed by atoms with E-state index < -0.39 is 0 Å². The Labute approximate surface area is 143 Å². The van der Waals surface area contributed by atoms with Crippen molar-refractivity contribution in [1.82, 2.24) is 9.97 Å². The predicted molar refractivity (Wildman–Crippen MR) is 94.4 cm³/mol. The number of fused-ring (bicyclic) bond motifs is 3. The van der Waals surface area contributed by atoms with E-state index in [1.807, 2.05) is 18.2 Å². The largest absolute Gasteiger partial charge is 0.380 e. The van der Waals surface area contributed by atoms with Crippen molar-refractivity contribution in [3.05, 3.63) is 65.7 Å². The lowest BCUT2D eigenvalue weighted by molar-refractivity contribution is 0.185. The number of aromatic nitrogens is 2. The minimum Gasteiger partial charge on any atom is -0.380 e. The molecule has 5 heteroatoms. The Hall–Kier alpha value is -3.23. The van der Waals surface area contributed by atoms with Crippen molar-refractivity contribution in [3.63, 3.8) is 0 Å². The van der Waals surface area contributed by atoms with Crippen LogP contribution in [0.25, 0.3) is 32.9 Å². The molecule has 2 aromatic carbocycles. The van der Waals surface area contributed by atoms with Gasteiger partial charge in [0.1, 0.15) is 17.6 Å². The molecule has 0 saturated heterocycles. The highest BCUT2D eigenvalue weighted by molar-refractivity contribution is 6.10. The number of halogens is 1. The van der Waals surface area contributed by atoms with E-state index >= 15 is 0 Å². The first kappa shape index (κ1) is 15.3. The molecule has 4 rings (SSSR count). The number of nitrogens with one attached hydrogen (secondary N) is 1. The number of ether oxygens (including phenoxy) is 1.